The van der Waals surface area contributed by atoms with E-state index in [1.807, 2.05) is 68.7 Å². The summed E-state index contributed by atoms with van der Waals surface area (Å²) in [4.78, 5) is 35.7. The Balaban J connectivity index is 1.61. The van der Waals surface area contributed by atoms with Crippen molar-refractivity contribution in [3.63, 3.8) is 0 Å². The molecule has 1 saturated carbocycles. The van der Waals surface area contributed by atoms with Crippen molar-refractivity contribution in [3.8, 4) is 0 Å². The SMILES string of the molecule is CC(=O)N1c2ccccc2N=C2CC(c3ccc(N(C)C)cc3)CC(=O)C2C1c1ccccc1. The van der Waals surface area contributed by atoms with Crippen molar-refractivity contribution in [1.29, 1.82) is 0 Å². The van der Waals surface area contributed by atoms with Crippen LogP contribution in [-0.2, 0) is 9.59 Å². The van der Waals surface area contributed by atoms with Crippen LogP contribution in [0.3, 0.4) is 0 Å². The number of ketones is 1. The molecule has 0 bridgehead atoms. The standard InChI is InChI=1S/C29H29N3O2/c1-19(33)32-26-12-8-7-11-24(26)30-25-17-22(20-13-15-23(16-14-20)31(2)3)18-27(34)28(25)29(32)21-9-5-4-6-10-21/h4-16,22,28-29H,17-18H2,1-3H3. The number of aliphatic imine (C=N–C) groups is 1. The maximum absolute atomic E-state index is 13.8. The van der Waals surface area contributed by atoms with Gasteiger partial charge in [0.15, 0.2) is 0 Å². The number of nitrogens with zero attached hydrogens (tertiary/aromatic N) is 3. The van der Waals surface area contributed by atoms with E-state index >= 15 is 0 Å². The lowest BCUT2D eigenvalue weighted by Gasteiger charge is -2.38. The Hall–Kier alpha value is -3.73. The van der Waals surface area contributed by atoms with Gasteiger partial charge < -0.3 is 9.80 Å². The number of hydrogen-bond donors (Lipinski definition) is 0. The highest BCUT2D eigenvalue weighted by Crippen LogP contribution is 2.47. The van der Waals surface area contributed by atoms with Gasteiger partial charge >= 0.3 is 0 Å². The van der Waals surface area contributed by atoms with Crippen molar-refractivity contribution < 1.29 is 9.59 Å². The van der Waals surface area contributed by atoms with Crippen LogP contribution in [0, 0.1) is 5.92 Å². The number of hydrogen-bond acceptors (Lipinski definition) is 4. The average Bonchev–Trinajstić information content (AvgIpc) is 2.99. The van der Waals surface area contributed by atoms with Crippen LogP contribution in [0.2, 0.25) is 0 Å². The van der Waals surface area contributed by atoms with E-state index in [2.05, 4.69) is 29.2 Å². The Morgan fingerprint density at radius 2 is 1.56 bits per heavy atom. The normalized spacial score (nSPS) is 21.7. The van der Waals surface area contributed by atoms with Crippen molar-refractivity contribution in [3.05, 3.63) is 90.0 Å². The number of carbonyl (C=O) groups is 2. The maximum atomic E-state index is 13.8. The third kappa shape index (κ3) is 3.92. The predicted octanol–water partition coefficient (Wildman–Crippen LogP) is 5.70. The fourth-order valence-electron chi connectivity index (χ4n) is 5.33. The van der Waals surface area contributed by atoms with Gasteiger partial charge in [0.1, 0.15) is 5.78 Å². The smallest absolute Gasteiger partial charge is 0.224 e. The molecule has 0 spiro atoms. The second kappa shape index (κ2) is 8.90. The monoisotopic (exact) mass is 451 g/mol. The Morgan fingerprint density at radius 3 is 2.24 bits per heavy atom. The highest BCUT2D eigenvalue weighted by atomic mass is 16.2. The van der Waals surface area contributed by atoms with E-state index in [0.29, 0.717) is 12.8 Å². The number of carbonyl (C=O) groups excluding carboxylic acids is 2. The van der Waals surface area contributed by atoms with Gasteiger partial charge in [-0.1, -0.05) is 54.6 Å². The summed E-state index contributed by atoms with van der Waals surface area (Å²) in [6, 6.07) is 25.6. The first-order chi connectivity index (χ1) is 16.4. The lowest BCUT2D eigenvalue weighted by molar-refractivity contribution is -0.123. The molecule has 1 aliphatic carbocycles. The molecule has 1 heterocycles. The molecule has 3 atom stereocenters. The topological polar surface area (TPSA) is 53.0 Å². The van der Waals surface area contributed by atoms with E-state index in [1.54, 1.807) is 11.8 Å². The van der Waals surface area contributed by atoms with Crippen molar-refractivity contribution in [2.24, 2.45) is 10.9 Å². The van der Waals surface area contributed by atoms with Gasteiger partial charge in [-0.3, -0.25) is 14.6 Å². The van der Waals surface area contributed by atoms with Gasteiger partial charge in [-0.05, 0) is 47.7 Å². The molecule has 1 aliphatic heterocycles. The van der Waals surface area contributed by atoms with Crippen molar-refractivity contribution in [2.75, 3.05) is 23.9 Å². The van der Waals surface area contributed by atoms with Gasteiger partial charge in [0.2, 0.25) is 5.91 Å². The maximum Gasteiger partial charge on any atom is 0.224 e. The van der Waals surface area contributed by atoms with Gasteiger partial charge in [-0.25, -0.2) is 0 Å². The minimum Gasteiger partial charge on any atom is -0.378 e. The average molecular weight is 452 g/mol. The molecule has 5 rings (SSSR count). The Bertz CT molecular complexity index is 1250. The van der Waals surface area contributed by atoms with E-state index in [4.69, 9.17) is 4.99 Å². The molecule has 3 aromatic rings. The largest absolute Gasteiger partial charge is 0.378 e. The summed E-state index contributed by atoms with van der Waals surface area (Å²) in [5.74, 6) is -0.339. The summed E-state index contributed by atoms with van der Waals surface area (Å²) < 4.78 is 0. The van der Waals surface area contributed by atoms with Gasteiger partial charge in [-0.2, -0.15) is 0 Å². The van der Waals surface area contributed by atoms with Crippen LogP contribution in [0.4, 0.5) is 17.1 Å². The first-order valence-corrected chi connectivity index (χ1v) is 11.7. The molecule has 0 radical (unpaired) electrons. The summed E-state index contributed by atoms with van der Waals surface area (Å²) in [6.45, 7) is 1.57. The Kier molecular flexibility index (Phi) is 5.78. The van der Waals surface area contributed by atoms with Crippen LogP contribution in [0.5, 0.6) is 0 Å². The number of rotatable bonds is 3. The molecule has 0 N–H and O–H groups in total. The van der Waals surface area contributed by atoms with Gasteiger partial charge in [-0.15, -0.1) is 0 Å². The van der Waals surface area contributed by atoms with Crippen molar-refractivity contribution in [1.82, 2.24) is 0 Å². The van der Waals surface area contributed by atoms with Crippen LogP contribution >= 0.6 is 0 Å². The zero-order valence-electron chi connectivity index (χ0n) is 19.8. The van der Waals surface area contributed by atoms with Crippen molar-refractivity contribution >= 4 is 34.5 Å². The fourth-order valence-corrected chi connectivity index (χ4v) is 5.33. The van der Waals surface area contributed by atoms with Crippen LogP contribution in [-0.4, -0.2) is 31.5 Å². The molecule has 0 aromatic heterocycles. The van der Waals surface area contributed by atoms with Gasteiger partial charge in [0, 0.05) is 38.8 Å². The minimum absolute atomic E-state index is 0.0752. The van der Waals surface area contributed by atoms with Crippen LogP contribution in [0.1, 0.15) is 42.9 Å². The summed E-state index contributed by atoms with van der Waals surface area (Å²) in [5.41, 5.74) is 5.60. The minimum atomic E-state index is -0.462. The first kappa shape index (κ1) is 22.1. The number of anilines is 2. The molecule has 0 saturated heterocycles. The second-order valence-electron chi connectivity index (χ2n) is 9.37. The second-order valence-corrected chi connectivity index (χ2v) is 9.37. The highest BCUT2D eigenvalue weighted by Gasteiger charge is 2.45. The summed E-state index contributed by atoms with van der Waals surface area (Å²) in [5, 5.41) is 0. The molecule has 172 valence electrons. The number of amides is 1. The lowest BCUT2D eigenvalue weighted by Crippen LogP contribution is -2.45. The number of para-hydroxylation sites is 2. The predicted molar refractivity (Wildman–Crippen MR) is 137 cm³/mol. The summed E-state index contributed by atoms with van der Waals surface area (Å²) in [7, 11) is 4.04. The van der Waals surface area contributed by atoms with E-state index in [-0.39, 0.29) is 17.6 Å². The zero-order chi connectivity index (χ0) is 23.8. The Morgan fingerprint density at radius 1 is 0.882 bits per heavy atom. The van der Waals surface area contributed by atoms with E-state index in [9.17, 15) is 9.59 Å². The molecule has 5 nitrogen and oxygen atoms in total. The van der Waals surface area contributed by atoms with E-state index in [0.717, 1.165) is 33.9 Å². The van der Waals surface area contributed by atoms with Crippen LogP contribution in [0.15, 0.2) is 83.9 Å². The molecule has 2 aliphatic rings. The molecule has 1 amide bonds. The fraction of sp³-hybridized carbons (Fsp3) is 0.276. The molecule has 3 aromatic carbocycles. The van der Waals surface area contributed by atoms with E-state index in [1.165, 1.54) is 0 Å². The first-order valence-electron chi connectivity index (χ1n) is 11.7. The van der Waals surface area contributed by atoms with Gasteiger partial charge in [0.25, 0.3) is 0 Å². The highest BCUT2D eigenvalue weighted by molar-refractivity contribution is 6.13. The van der Waals surface area contributed by atoms with Crippen LogP contribution in [0.25, 0.3) is 0 Å². The molecule has 3 unspecified atom stereocenters. The zero-order valence-corrected chi connectivity index (χ0v) is 19.8. The third-order valence-corrected chi connectivity index (χ3v) is 6.97. The summed E-state index contributed by atoms with van der Waals surface area (Å²) in [6.07, 6.45) is 1.14. The third-order valence-electron chi connectivity index (χ3n) is 6.97. The number of benzene rings is 3. The van der Waals surface area contributed by atoms with Crippen LogP contribution < -0.4 is 9.80 Å². The Labute approximate surface area is 200 Å². The number of Topliss-reactive ketones (excluding diaryl/α,β-unsaturated/α-hetero) is 1. The molecule has 1 fully saturated rings. The molecule has 34 heavy (non-hydrogen) atoms. The molecular weight excluding hydrogens is 422 g/mol. The molecular formula is C29H29N3O2. The van der Waals surface area contributed by atoms with Gasteiger partial charge in [0.05, 0.1) is 23.3 Å². The van der Waals surface area contributed by atoms with E-state index < -0.39 is 12.0 Å². The lowest BCUT2D eigenvalue weighted by atomic mass is 9.72. The summed E-state index contributed by atoms with van der Waals surface area (Å²) >= 11 is 0. The molecule has 5 heteroatoms. The van der Waals surface area contributed by atoms with Crippen molar-refractivity contribution in [2.45, 2.75) is 31.7 Å². The number of fused-ring (bicyclic) bond motifs is 2. The quantitative estimate of drug-likeness (QED) is 0.514.